The molecule has 2 aromatic heterocycles. The van der Waals surface area contributed by atoms with Gasteiger partial charge in [-0.1, -0.05) is 194 Å². The van der Waals surface area contributed by atoms with E-state index in [1.54, 1.807) is 0 Å². The molecule has 0 N–H and O–H groups in total. The Hall–Kier alpha value is -8.21. The second kappa shape index (κ2) is 15.5. The first kappa shape index (κ1) is 35.9. The van der Waals surface area contributed by atoms with Gasteiger partial charge in [0.1, 0.15) is 11.2 Å². The normalized spacial score (nSPS) is 11.3. The first-order chi connectivity index (χ1) is 30.2. The Morgan fingerprint density at radius 2 is 0.754 bits per heavy atom. The molecule has 11 aromatic rings. The molecule has 4 nitrogen and oxygen atoms in total. The third-order valence-corrected chi connectivity index (χ3v) is 11.3. The highest BCUT2D eigenvalue weighted by atomic mass is 16.3. The van der Waals surface area contributed by atoms with Gasteiger partial charge in [-0.05, 0) is 85.6 Å². The highest BCUT2D eigenvalue weighted by Gasteiger charge is 2.18. The molecule has 0 radical (unpaired) electrons. The number of hydrogen-bond acceptors (Lipinski definition) is 4. The molecule has 0 bridgehead atoms. The van der Waals surface area contributed by atoms with Crippen LogP contribution in [0.2, 0.25) is 0 Å². The predicted molar refractivity (Wildman–Crippen MR) is 251 cm³/mol. The monoisotopic (exact) mass is 779 g/mol. The third kappa shape index (κ3) is 6.96. The summed E-state index contributed by atoms with van der Waals surface area (Å²) in [6, 6.07) is 78.5. The Balaban J connectivity index is 1.01. The molecular formula is C57H37N3O. The molecule has 0 saturated heterocycles. The smallest absolute Gasteiger partial charge is 0.164 e. The van der Waals surface area contributed by atoms with Crippen molar-refractivity contribution in [1.82, 2.24) is 15.0 Å². The molecule has 0 spiro atoms. The van der Waals surface area contributed by atoms with Crippen molar-refractivity contribution in [2.24, 2.45) is 0 Å². The lowest BCUT2D eigenvalue weighted by Gasteiger charge is -2.19. The molecule has 0 amide bonds. The summed E-state index contributed by atoms with van der Waals surface area (Å²) in [7, 11) is 0. The minimum Gasteiger partial charge on any atom is -0.456 e. The van der Waals surface area contributed by atoms with Crippen LogP contribution >= 0.6 is 0 Å². The molecule has 61 heavy (non-hydrogen) atoms. The molecule has 0 aliphatic rings. The molecule has 0 atom stereocenters. The Labute approximate surface area is 353 Å². The fourth-order valence-electron chi connectivity index (χ4n) is 8.35. The van der Waals surface area contributed by atoms with E-state index in [1.165, 1.54) is 27.7 Å². The number of hydrogen-bond donors (Lipinski definition) is 0. The molecule has 286 valence electrons. The first-order valence-electron chi connectivity index (χ1n) is 20.5. The van der Waals surface area contributed by atoms with Crippen LogP contribution in [0.1, 0.15) is 22.3 Å². The van der Waals surface area contributed by atoms with E-state index in [0.29, 0.717) is 17.5 Å². The molecule has 0 saturated carbocycles. The van der Waals surface area contributed by atoms with Crippen LogP contribution in [0.25, 0.3) is 89.1 Å². The summed E-state index contributed by atoms with van der Waals surface area (Å²) in [5.41, 5.74) is 13.5. The van der Waals surface area contributed by atoms with Gasteiger partial charge in [-0.3, -0.25) is 0 Å². The summed E-state index contributed by atoms with van der Waals surface area (Å²) in [6.07, 6.45) is 0. The van der Waals surface area contributed by atoms with Gasteiger partial charge in [0.25, 0.3) is 0 Å². The summed E-state index contributed by atoms with van der Waals surface area (Å²) in [5, 5.41) is 4.44. The van der Waals surface area contributed by atoms with E-state index < -0.39 is 0 Å². The van der Waals surface area contributed by atoms with Crippen molar-refractivity contribution in [3.63, 3.8) is 0 Å². The van der Waals surface area contributed by atoms with E-state index in [1.807, 2.05) is 24.3 Å². The Morgan fingerprint density at radius 3 is 1.43 bits per heavy atom. The average Bonchev–Trinajstić information content (AvgIpc) is 3.72. The van der Waals surface area contributed by atoms with Gasteiger partial charge in [0.2, 0.25) is 0 Å². The highest BCUT2D eigenvalue weighted by molar-refractivity contribution is 6.06. The quantitative estimate of drug-likeness (QED) is 0.144. The average molecular weight is 780 g/mol. The molecule has 11 rings (SSSR count). The Morgan fingerprint density at radius 1 is 0.279 bits per heavy atom. The minimum atomic E-state index is 0.583. The van der Waals surface area contributed by atoms with E-state index in [-0.39, 0.29) is 0 Å². The SMILES string of the molecule is c1ccc(C(=C(c2ccccc2)c2cccc(-c3ccc(-c4nc(-c5ccc6ccccc6c5)nc(-c5ccc6c(c5)oc5ccccc56)n4)cc3)c2)c2ccccc2)cc1. The first-order valence-corrected chi connectivity index (χ1v) is 20.5. The van der Waals surface area contributed by atoms with Crippen molar-refractivity contribution >= 4 is 43.9 Å². The van der Waals surface area contributed by atoms with Gasteiger partial charge in [0, 0.05) is 27.5 Å². The van der Waals surface area contributed by atoms with Crippen molar-refractivity contribution in [1.29, 1.82) is 0 Å². The summed E-state index contributed by atoms with van der Waals surface area (Å²) >= 11 is 0. The summed E-state index contributed by atoms with van der Waals surface area (Å²) in [4.78, 5) is 15.3. The zero-order chi connectivity index (χ0) is 40.5. The number of rotatable bonds is 8. The van der Waals surface area contributed by atoms with Crippen molar-refractivity contribution in [3.05, 3.63) is 247 Å². The second-order valence-electron chi connectivity index (χ2n) is 15.2. The van der Waals surface area contributed by atoms with Crippen molar-refractivity contribution < 1.29 is 4.42 Å². The van der Waals surface area contributed by atoms with E-state index in [9.17, 15) is 0 Å². The van der Waals surface area contributed by atoms with Gasteiger partial charge in [0.15, 0.2) is 17.5 Å². The Kier molecular flexibility index (Phi) is 9.14. The van der Waals surface area contributed by atoms with Gasteiger partial charge >= 0.3 is 0 Å². The number of furan rings is 1. The van der Waals surface area contributed by atoms with Crippen LogP contribution in [-0.4, -0.2) is 15.0 Å². The molecule has 0 aliphatic carbocycles. The zero-order valence-electron chi connectivity index (χ0n) is 33.1. The lowest BCUT2D eigenvalue weighted by Crippen LogP contribution is -2.00. The van der Waals surface area contributed by atoms with Crippen LogP contribution < -0.4 is 0 Å². The number of nitrogens with zero attached hydrogens (tertiary/aromatic N) is 3. The molecule has 9 aromatic carbocycles. The lowest BCUT2D eigenvalue weighted by molar-refractivity contribution is 0.669. The van der Waals surface area contributed by atoms with Gasteiger partial charge in [-0.25, -0.2) is 15.0 Å². The molecule has 2 heterocycles. The fourth-order valence-corrected chi connectivity index (χ4v) is 8.35. The summed E-state index contributed by atoms with van der Waals surface area (Å²) in [5.74, 6) is 1.79. The van der Waals surface area contributed by atoms with Crippen LogP contribution in [0.3, 0.4) is 0 Å². The van der Waals surface area contributed by atoms with E-state index >= 15 is 0 Å². The van der Waals surface area contributed by atoms with Gasteiger partial charge in [-0.15, -0.1) is 0 Å². The third-order valence-electron chi connectivity index (χ3n) is 11.3. The van der Waals surface area contributed by atoms with Crippen LogP contribution in [0, 0.1) is 0 Å². The number of aromatic nitrogens is 3. The summed E-state index contributed by atoms with van der Waals surface area (Å²) in [6.45, 7) is 0. The van der Waals surface area contributed by atoms with Crippen molar-refractivity contribution in [2.75, 3.05) is 0 Å². The Bertz CT molecular complexity index is 3350. The molecular weight excluding hydrogens is 743 g/mol. The number of para-hydroxylation sites is 1. The van der Waals surface area contributed by atoms with Crippen LogP contribution in [0.4, 0.5) is 0 Å². The van der Waals surface area contributed by atoms with Gasteiger partial charge in [0.05, 0.1) is 0 Å². The molecule has 0 unspecified atom stereocenters. The topological polar surface area (TPSA) is 51.8 Å². The lowest BCUT2D eigenvalue weighted by atomic mass is 9.85. The maximum atomic E-state index is 6.28. The maximum Gasteiger partial charge on any atom is 0.164 e. The zero-order valence-corrected chi connectivity index (χ0v) is 33.1. The van der Waals surface area contributed by atoms with Gasteiger partial charge in [-0.2, -0.15) is 0 Å². The number of benzene rings is 9. The highest BCUT2D eigenvalue weighted by Crippen LogP contribution is 2.39. The largest absolute Gasteiger partial charge is 0.456 e. The fraction of sp³-hybridized carbons (Fsp3) is 0. The predicted octanol–water partition coefficient (Wildman–Crippen LogP) is 14.6. The second-order valence-corrected chi connectivity index (χ2v) is 15.2. The van der Waals surface area contributed by atoms with E-state index in [4.69, 9.17) is 19.4 Å². The maximum absolute atomic E-state index is 6.28. The number of fused-ring (bicyclic) bond motifs is 4. The molecule has 0 fully saturated rings. The van der Waals surface area contributed by atoms with Crippen LogP contribution in [0.5, 0.6) is 0 Å². The summed E-state index contributed by atoms with van der Waals surface area (Å²) < 4.78 is 6.28. The van der Waals surface area contributed by atoms with Crippen LogP contribution in [0.15, 0.2) is 229 Å². The van der Waals surface area contributed by atoms with E-state index in [0.717, 1.165) is 66.3 Å². The van der Waals surface area contributed by atoms with Crippen LogP contribution in [-0.2, 0) is 0 Å². The van der Waals surface area contributed by atoms with Crippen molar-refractivity contribution in [3.8, 4) is 45.3 Å². The standard InChI is InChI=1S/C57H37N3O/c1-4-16-40(17-5-1)53(41-18-6-2-7-19-41)54(42-20-8-3-9-21-42)46-24-14-23-45(35-46)39-27-30-43(31-28-39)55-58-56(47-32-29-38-15-10-11-22-44(38)36-47)60-57(59-55)48-33-34-50-49-25-12-13-26-51(49)61-52(50)37-48/h1-37H. The molecule has 0 aliphatic heterocycles. The molecule has 4 heteroatoms. The van der Waals surface area contributed by atoms with Crippen molar-refractivity contribution in [2.45, 2.75) is 0 Å². The van der Waals surface area contributed by atoms with E-state index in [2.05, 4.69) is 200 Å². The minimum absolute atomic E-state index is 0.583. The van der Waals surface area contributed by atoms with Gasteiger partial charge < -0.3 is 4.42 Å².